The Bertz CT molecular complexity index is 1160. The highest BCUT2D eigenvalue weighted by atomic mass is 19.1. The molecule has 29 heavy (non-hydrogen) atoms. The second kappa shape index (κ2) is 7.52. The van der Waals surface area contributed by atoms with Gasteiger partial charge < -0.3 is 9.67 Å². The highest BCUT2D eigenvalue weighted by Crippen LogP contribution is 2.30. The zero-order chi connectivity index (χ0) is 20.4. The highest BCUT2D eigenvalue weighted by molar-refractivity contribution is 6.01. The minimum atomic E-state index is -1.31. The summed E-state index contributed by atoms with van der Waals surface area (Å²) in [5.41, 5.74) is 4.25. The molecule has 0 spiro atoms. The van der Waals surface area contributed by atoms with Crippen LogP contribution in [0.4, 0.5) is 26.6 Å². The van der Waals surface area contributed by atoms with Crippen LogP contribution in [0.1, 0.15) is 5.56 Å². The minimum absolute atomic E-state index is 0.00821. The number of aromatic nitrogens is 4. The van der Waals surface area contributed by atoms with Crippen molar-refractivity contribution in [2.75, 3.05) is 10.3 Å². The van der Waals surface area contributed by atoms with E-state index >= 15 is 0 Å². The van der Waals surface area contributed by atoms with Gasteiger partial charge in [-0.2, -0.15) is 9.97 Å². The number of imidazole rings is 1. The van der Waals surface area contributed by atoms with Gasteiger partial charge in [0.1, 0.15) is 5.82 Å². The van der Waals surface area contributed by atoms with Crippen LogP contribution in [0.15, 0.2) is 60.9 Å². The van der Waals surface area contributed by atoms with Gasteiger partial charge in [-0.25, -0.2) is 24.9 Å². The Hall–Kier alpha value is -4.05. The lowest BCUT2D eigenvalue weighted by Gasteiger charge is -2.19. The van der Waals surface area contributed by atoms with E-state index in [1.54, 1.807) is 10.9 Å². The SMILES string of the molecule is NNc1nc(N(C(=O)O)c2ccc(F)cc2)c2ncn(Cc3ccccc3)c2n1. The number of halogens is 1. The van der Waals surface area contributed by atoms with Gasteiger partial charge in [-0.3, -0.25) is 5.43 Å². The Morgan fingerprint density at radius 3 is 2.52 bits per heavy atom. The first-order valence-corrected chi connectivity index (χ1v) is 8.59. The molecule has 146 valence electrons. The molecule has 2 heterocycles. The third kappa shape index (κ3) is 3.56. The van der Waals surface area contributed by atoms with Crippen molar-refractivity contribution in [2.45, 2.75) is 6.54 Å². The zero-order valence-corrected chi connectivity index (χ0v) is 15.0. The normalized spacial score (nSPS) is 10.8. The average molecular weight is 393 g/mol. The summed E-state index contributed by atoms with van der Waals surface area (Å²) < 4.78 is 15.1. The number of hydrazine groups is 1. The summed E-state index contributed by atoms with van der Waals surface area (Å²) >= 11 is 0. The van der Waals surface area contributed by atoms with Crippen molar-refractivity contribution in [1.29, 1.82) is 0 Å². The number of carboxylic acid groups (broad SMARTS) is 1. The molecule has 0 bridgehead atoms. The molecule has 1 amide bonds. The van der Waals surface area contributed by atoms with Crippen LogP contribution in [-0.4, -0.2) is 30.7 Å². The van der Waals surface area contributed by atoms with Crippen molar-refractivity contribution in [3.63, 3.8) is 0 Å². The Kier molecular flexibility index (Phi) is 4.75. The zero-order valence-electron chi connectivity index (χ0n) is 15.0. The third-order valence-electron chi connectivity index (χ3n) is 4.26. The standard InChI is InChI=1S/C19H16FN7O2/c20-13-6-8-14(9-7-13)27(19(28)29)17-15-16(23-18(24-17)25-21)26(11-22-15)10-12-4-2-1-3-5-12/h1-9,11H,10,21H2,(H,28,29)(H,23,24,25). The van der Waals surface area contributed by atoms with E-state index in [-0.39, 0.29) is 23.0 Å². The quantitative estimate of drug-likeness (QED) is 0.352. The van der Waals surface area contributed by atoms with Crippen molar-refractivity contribution in [3.8, 4) is 0 Å². The van der Waals surface area contributed by atoms with Crippen LogP contribution in [0.2, 0.25) is 0 Å². The summed E-state index contributed by atoms with van der Waals surface area (Å²) in [5, 5.41) is 9.80. The fourth-order valence-corrected chi connectivity index (χ4v) is 2.96. The van der Waals surface area contributed by atoms with Crippen LogP contribution in [0.25, 0.3) is 11.2 Å². The number of rotatable bonds is 5. The number of carbonyl (C=O) groups is 1. The Labute approximate surface area is 164 Å². The minimum Gasteiger partial charge on any atom is -0.464 e. The largest absolute Gasteiger partial charge is 0.464 e. The van der Waals surface area contributed by atoms with Gasteiger partial charge in [-0.05, 0) is 29.8 Å². The molecule has 0 fully saturated rings. The van der Waals surface area contributed by atoms with Crippen LogP contribution in [0.3, 0.4) is 0 Å². The second-order valence-electron chi connectivity index (χ2n) is 6.14. The monoisotopic (exact) mass is 393 g/mol. The molecule has 4 rings (SSSR count). The lowest BCUT2D eigenvalue weighted by atomic mass is 10.2. The summed E-state index contributed by atoms with van der Waals surface area (Å²) in [5.74, 6) is 5.04. The maximum Gasteiger partial charge on any atom is 0.417 e. The Balaban J connectivity index is 1.87. The molecule has 0 aliphatic rings. The molecule has 0 radical (unpaired) electrons. The van der Waals surface area contributed by atoms with Crippen LogP contribution in [0.5, 0.6) is 0 Å². The molecule has 0 unspecified atom stereocenters. The summed E-state index contributed by atoms with van der Waals surface area (Å²) in [6, 6.07) is 14.7. The lowest BCUT2D eigenvalue weighted by Crippen LogP contribution is -2.26. The van der Waals surface area contributed by atoms with Crippen LogP contribution in [0, 0.1) is 5.82 Å². The van der Waals surface area contributed by atoms with Crippen LogP contribution in [-0.2, 0) is 6.54 Å². The first-order valence-electron chi connectivity index (χ1n) is 8.59. The van der Waals surface area contributed by atoms with E-state index in [4.69, 9.17) is 5.84 Å². The Morgan fingerprint density at radius 2 is 1.86 bits per heavy atom. The predicted molar refractivity (Wildman–Crippen MR) is 105 cm³/mol. The number of fused-ring (bicyclic) bond motifs is 1. The van der Waals surface area contributed by atoms with Gasteiger partial charge in [0.05, 0.1) is 18.6 Å². The molecule has 0 saturated carbocycles. The molecular weight excluding hydrogens is 377 g/mol. The number of hydrogen-bond donors (Lipinski definition) is 3. The van der Waals surface area contributed by atoms with Crippen molar-refractivity contribution in [1.82, 2.24) is 19.5 Å². The second-order valence-corrected chi connectivity index (χ2v) is 6.14. The first kappa shape index (κ1) is 18.3. The number of nitrogen functional groups attached to an aromatic ring is 1. The number of anilines is 3. The molecule has 9 nitrogen and oxygen atoms in total. The fraction of sp³-hybridized carbons (Fsp3) is 0.0526. The highest BCUT2D eigenvalue weighted by Gasteiger charge is 2.25. The van der Waals surface area contributed by atoms with E-state index in [1.807, 2.05) is 30.3 Å². The van der Waals surface area contributed by atoms with Gasteiger partial charge >= 0.3 is 6.09 Å². The number of hydrogen-bond acceptors (Lipinski definition) is 6. The average Bonchev–Trinajstić information content (AvgIpc) is 3.13. The third-order valence-corrected chi connectivity index (χ3v) is 4.26. The summed E-state index contributed by atoms with van der Waals surface area (Å²) in [7, 11) is 0. The molecule has 10 heteroatoms. The maximum absolute atomic E-state index is 13.3. The molecular formula is C19H16FN7O2. The topological polar surface area (TPSA) is 122 Å². The van der Waals surface area contributed by atoms with Crippen molar-refractivity contribution in [3.05, 3.63) is 72.3 Å². The fourth-order valence-electron chi connectivity index (χ4n) is 2.96. The van der Waals surface area contributed by atoms with Crippen molar-refractivity contribution < 1.29 is 14.3 Å². The van der Waals surface area contributed by atoms with Gasteiger partial charge in [-0.1, -0.05) is 30.3 Å². The summed E-state index contributed by atoms with van der Waals surface area (Å²) in [4.78, 5) is 25.8. The van der Waals surface area contributed by atoms with Crippen LogP contribution >= 0.6 is 0 Å². The van der Waals surface area contributed by atoms with Crippen LogP contribution < -0.4 is 16.2 Å². The van der Waals surface area contributed by atoms with E-state index in [9.17, 15) is 14.3 Å². The summed E-state index contributed by atoms with van der Waals surface area (Å²) in [6.07, 6.45) is 0.248. The van der Waals surface area contributed by atoms with Crippen molar-refractivity contribution >= 4 is 34.7 Å². The predicted octanol–water partition coefficient (Wildman–Crippen LogP) is 3.12. The van der Waals surface area contributed by atoms with Crippen molar-refractivity contribution in [2.24, 2.45) is 5.84 Å². The number of nitrogens with zero attached hydrogens (tertiary/aromatic N) is 5. The molecule has 0 saturated heterocycles. The molecule has 2 aromatic heterocycles. The van der Waals surface area contributed by atoms with E-state index in [2.05, 4.69) is 20.4 Å². The molecule has 4 aromatic rings. The Morgan fingerprint density at radius 1 is 1.14 bits per heavy atom. The van der Waals surface area contributed by atoms with E-state index in [0.29, 0.717) is 12.2 Å². The molecule has 0 atom stereocenters. The smallest absolute Gasteiger partial charge is 0.417 e. The summed E-state index contributed by atoms with van der Waals surface area (Å²) in [6.45, 7) is 0.474. The lowest BCUT2D eigenvalue weighted by molar-refractivity contribution is 0.204. The first-order chi connectivity index (χ1) is 14.1. The molecule has 2 aromatic carbocycles. The molecule has 4 N–H and O–H groups in total. The maximum atomic E-state index is 13.3. The van der Waals surface area contributed by atoms with Gasteiger partial charge in [0, 0.05) is 0 Å². The number of nitrogens with two attached hydrogens (primary N) is 1. The van der Waals surface area contributed by atoms with E-state index < -0.39 is 11.9 Å². The van der Waals surface area contributed by atoms with E-state index in [0.717, 1.165) is 10.5 Å². The number of nitrogens with one attached hydrogen (secondary N) is 1. The van der Waals surface area contributed by atoms with E-state index in [1.165, 1.54) is 24.3 Å². The number of benzene rings is 2. The number of amides is 1. The van der Waals surface area contributed by atoms with Gasteiger partial charge in [0.15, 0.2) is 17.0 Å². The molecule has 0 aliphatic carbocycles. The van der Waals surface area contributed by atoms with Gasteiger partial charge in [0.2, 0.25) is 5.95 Å². The van der Waals surface area contributed by atoms with Gasteiger partial charge in [0.25, 0.3) is 0 Å². The molecule has 0 aliphatic heterocycles. The van der Waals surface area contributed by atoms with Gasteiger partial charge in [-0.15, -0.1) is 0 Å².